The average Bonchev–Trinajstić information content (AvgIpc) is 3.02. The summed E-state index contributed by atoms with van der Waals surface area (Å²) in [6.07, 6.45) is 3.63. The van der Waals surface area contributed by atoms with Gasteiger partial charge in [0.25, 0.3) is 0 Å². The Hall–Kier alpha value is -2.28. The van der Waals surface area contributed by atoms with E-state index in [2.05, 4.69) is 20.2 Å². The van der Waals surface area contributed by atoms with Crippen molar-refractivity contribution in [1.29, 1.82) is 0 Å². The second-order valence-electron chi connectivity index (χ2n) is 6.43. The number of H-pyrrole nitrogens is 1. The number of likely N-dealkylation sites (tertiary alicyclic amines) is 1. The number of nitrogens with zero attached hydrogens (tertiary/aromatic N) is 5. The molecule has 0 aliphatic carbocycles. The maximum Gasteiger partial charge on any atom is 0.236 e. The lowest BCUT2D eigenvalue weighted by atomic mass is 9.96. The summed E-state index contributed by atoms with van der Waals surface area (Å²) in [7, 11) is 1.95. The third kappa shape index (κ3) is 4.17. The summed E-state index contributed by atoms with van der Waals surface area (Å²) < 4.78 is 0. The van der Waals surface area contributed by atoms with Crippen molar-refractivity contribution in [2.75, 3.05) is 26.7 Å². The van der Waals surface area contributed by atoms with Crippen LogP contribution in [0.25, 0.3) is 0 Å². The van der Waals surface area contributed by atoms with Crippen molar-refractivity contribution in [3.05, 3.63) is 41.7 Å². The minimum atomic E-state index is 0.179. The van der Waals surface area contributed by atoms with Gasteiger partial charge < -0.3 is 4.90 Å². The second kappa shape index (κ2) is 7.53. The average molecular weight is 328 g/mol. The van der Waals surface area contributed by atoms with Crippen LogP contribution in [0.4, 0.5) is 0 Å². The van der Waals surface area contributed by atoms with Crippen LogP contribution in [0, 0.1) is 6.92 Å². The van der Waals surface area contributed by atoms with E-state index >= 15 is 0 Å². The number of rotatable bonds is 5. The molecule has 0 atom stereocenters. The van der Waals surface area contributed by atoms with E-state index in [-0.39, 0.29) is 5.91 Å². The zero-order valence-corrected chi connectivity index (χ0v) is 14.3. The number of likely N-dealkylation sites (N-methyl/N-ethyl adjacent to an activating group) is 1. The fraction of sp³-hybridized carbons (Fsp3) is 0.529. The number of hydrogen-bond acceptors (Lipinski definition) is 5. The van der Waals surface area contributed by atoms with Crippen LogP contribution in [-0.2, 0) is 11.3 Å². The molecule has 128 valence electrons. The number of aromatic nitrogens is 4. The van der Waals surface area contributed by atoms with E-state index in [1.165, 1.54) is 0 Å². The van der Waals surface area contributed by atoms with Crippen molar-refractivity contribution < 1.29 is 4.79 Å². The van der Waals surface area contributed by atoms with Crippen LogP contribution in [0.2, 0.25) is 0 Å². The van der Waals surface area contributed by atoms with Crippen LogP contribution in [0.1, 0.15) is 36.1 Å². The van der Waals surface area contributed by atoms with E-state index < -0.39 is 0 Å². The fourth-order valence-electron chi connectivity index (χ4n) is 3.08. The molecule has 1 fully saturated rings. The molecule has 0 spiro atoms. The van der Waals surface area contributed by atoms with Gasteiger partial charge in [-0.2, -0.15) is 5.10 Å². The third-order valence-corrected chi connectivity index (χ3v) is 4.39. The van der Waals surface area contributed by atoms with E-state index in [0.717, 1.165) is 43.3 Å². The van der Waals surface area contributed by atoms with Gasteiger partial charge in [-0.15, -0.1) is 0 Å². The monoisotopic (exact) mass is 328 g/mol. The molecule has 0 bridgehead atoms. The zero-order valence-electron chi connectivity index (χ0n) is 14.3. The molecule has 7 nitrogen and oxygen atoms in total. The van der Waals surface area contributed by atoms with Crippen LogP contribution >= 0.6 is 0 Å². The molecule has 0 unspecified atom stereocenters. The minimum absolute atomic E-state index is 0.179. The highest BCUT2D eigenvalue weighted by Gasteiger charge is 2.26. The molecule has 2 aromatic rings. The molecular weight excluding hydrogens is 304 g/mol. The van der Waals surface area contributed by atoms with Gasteiger partial charge in [-0.3, -0.25) is 19.8 Å². The number of piperidine rings is 1. The molecule has 1 amide bonds. The molecule has 2 aromatic heterocycles. The summed E-state index contributed by atoms with van der Waals surface area (Å²) in [4.78, 5) is 25.1. The fourth-order valence-corrected chi connectivity index (χ4v) is 3.08. The van der Waals surface area contributed by atoms with E-state index in [0.29, 0.717) is 19.0 Å². The van der Waals surface area contributed by atoms with Crippen LogP contribution in [-0.4, -0.2) is 62.6 Å². The van der Waals surface area contributed by atoms with Crippen LogP contribution in [0.15, 0.2) is 24.4 Å². The molecule has 0 saturated carbocycles. The van der Waals surface area contributed by atoms with Crippen molar-refractivity contribution in [1.82, 2.24) is 30.0 Å². The highest BCUT2D eigenvalue weighted by atomic mass is 16.2. The van der Waals surface area contributed by atoms with E-state index in [1.54, 1.807) is 6.20 Å². The van der Waals surface area contributed by atoms with Gasteiger partial charge in [0.05, 0.1) is 12.2 Å². The van der Waals surface area contributed by atoms with Gasteiger partial charge in [-0.05, 0) is 38.9 Å². The van der Waals surface area contributed by atoms with Gasteiger partial charge in [0, 0.05) is 31.7 Å². The van der Waals surface area contributed by atoms with Gasteiger partial charge in [-0.1, -0.05) is 6.07 Å². The van der Waals surface area contributed by atoms with E-state index in [1.807, 2.05) is 42.0 Å². The highest BCUT2D eigenvalue weighted by Crippen LogP contribution is 2.25. The van der Waals surface area contributed by atoms with Crippen LogP contribution < -0.4 is 0 Å². The molecule has 1 N–H and O–H groups in total. The van der Waals surface area contributed by atoms with E-state index in [4.69, 9.17) is 0 Å². The Balaban J connectivity index is 1.46. The number of amides is 1. The first-order valence-electron chi connectivity index (χ1n) is 8.37. The zero-order chi connectivity index (χ0) is 16.9. The predicted octanol–water partition coefficient (Wildman–Crippen LogP) is 1.35. The molecule has 3 heterocycles. The van der Waals surface area contributed by atoms with Crippen molar-refractivity contribution >= 4 is 5.91 Å². The van der Waals surface area contributed by atoms with Crippen molar-refractivity contribution in [2.24, 2.45) is 0 Å². The number of aryl methyl sites for hydroxylation is 1. The summed E-state index contributed by atoms with van der Waals surface area (Å²) in [6, 6.07) is 5.84. The summed E-state index contributed by atoms with van der Waals surface area (Å²) >= 11 is 0. The summed E-state index contributed by atoms with van der Waals surface area (Å²) in [5.41, 5.74) is 0.978. The van der Waals surface area contributed by atoms with Gasteiger partial charge in [-0.25, -0.2) is 4.98 Å². The van der Waals surface area contributed by atoms with Crippen molar-refractivity contribution in [2.45, 2.75) is 32.2 Å². The largest absolute Gasteiger partial charge is 0.342 e. The number of carbonyl (C=O) groups excluding carboxylic acids is 1. The minimum Gasteiger partial charge on any atom is -0.342 e. The van der Waals surface area contributed by atoms with Crippen LogP contribution in [0.3, 0.4) is 0 Å². The number of hydrogen-bond donors (Lipinski definition) is 1. The Kier molecular flexibility index (Phi) is 5.20. The first-order chi connectivity index (χ1) is 11.6. The first-order valence-corrected chi connectivity index (χ1v) is 8.37. The molecule has 1 aliphatic rings. The quantitative estimate of drug-likeness (QED) is 0.896. The Morgan fingerprint density at radius 3 is 2.79 bits per heavy atom. The Labute approximate surface area is 142 Å². The summed E-state index contributed by atoms with van der Waals surface area (Å²) in [5, 5.41) is 7.14. The molecule has 0 aromatic carbocycles. The SMILES string of the molecule is Cc1nc(C2CCN(C(=O)CN(C)Cc3ccccn3)CC2)n[nH]1. The first kappa shape index (κ1) is 16.6. The Morgan fingerprint density at radius 1 is 1.38 bits per heavy atom. The highest BCUT2D eigenvalue weighted by molar-refractivity contribution is 5.78. The molecule has 24 heavy (non-hydrogen) atoms. The van der Waals surface area contributed by atoms with Crippen LogP contribution in [0.5, 0.6) is 0 Å². The lowest BCUT2D eigenvalue weighted by Gasteiger charge is -2.32. The Morgan fingerprint density at radius 2 is 2.17 bits per heavy atom. The molecular formula is C17H24N6O. The lowest BCUT2D eigenvalue weighted by Crippen LogP contribution is -2.43. The number of aromatic amines is 1. The molecule has 1 saturated heterocycles. The number of nitrogens with one attached hydrogen (secondary N) is 1. The molecule has 1 aliphatic heterocycles. The van der Waals surface area contributed by atoms with Gasteiger partial charge in [0.2, 0.25) is 5.91 Å². The second-order valence-corrected chi connectivity index (χ2v) is 6.43. The van der Waals surface area contributed by atoms with E-state index in [9.17, 15) is 4.79 Å². The molecule has 0 radical (unpaired) electrons. The normalized spacial score (nSPS) is 15.9. The van der Waals surface area contributed by atoms with Gasteiger partial charge >= 0.3 is 0 Å². The van der Waals surface area contributed by atoms with Crippen molar-refractivity contribution in [3.63, 3.8) is 0 Å². The Bertz CT molecular complexity index is 663. The number of pyridine rings is 1. The predicted molar refractivity (Wildman–Crippen MR) is 90.2 cm³/mol. The molecule has 3 rings (SSSR count). The molecule has 7 heteroatoms. The third-order valence-electron chi connectivity index (χ3n) is 4.39. The maximum atomic E-state index is 12.5. The van der Waals surface area contributed by atoms with Crippen molar-refractivity contribution in [3.8, 4) is 0 Å². The lowest BCUT2D eigenvalue weighted by molar-refractivity contribution is -0.133. The summed E-state index contributed by atoms with van der Waals surface area (Å²) in [5.74, 6) is 2.26. The number of carbonyl (C=O) groups is 1. The maximum absolute atomic E-state index is 12.5. The van der Waals surface area contributed by atoms with Gasteiger partial charge in [0.1, 0.15) is 5.82 Å². The topological polar surface area (TPSA) is 78.0 Å². The summed E-state index contributed by atoms with van der Waals surface area (Å²) in [6.45, 7) is 4.55. The smallest absolute Gasteiger partial charge is 0.236 e. The van der Waals surface area contributed by atoms with Gasteiger partial charge in [0.15, 0.2) is 5.82 Å². The standard InChI is InChI=1S/C17H24N6O/c1-13-19-17(21-20-13)14-6-9-23(10-7-14)16(24)12-22(2)11-15-5-3-4-8-18-15/h3-5,8,14H,6-7,9-12H2,1-2H3,(H,19,20,21).